The van der Waals surface area contributed by atoms with Gasteiger partial charge in [-0.2, -0.15) is 0 Å². The lowest BCUT2D eigenvalue weighted by Crippen LogP contribution is -2.42. The zero-order valence-electron chi connectivity index (χ0n) is 22.5. The van der Waals surface area contributed by atoms with E-state index < -0.39 is 54.4 Å². The number of aliphatic hydroxyl groups is 2. The van der Waals surface area contributed by atoms with Gasteiger partial charge in [-0.25, -0.2) is 0 Å². The fourth-order valence-electron chi connectivity index (χ4n) is 3.25. The highest BCUT2D eigenvalue weighted by Gasteiger charge is 2.33. The molecule has 0 saturated carbocycles. The number of anilines is 1. The monoisotopic (exact) mass is 917 g/mol. The molecule has 0 heterocycles. The molecule has 3 amide bonds. The normalized spacial score (nSPS) is 12.0. The maximum absolute atomic E-state index is 13.3. The van der Waals surface area contributed by atoms with Crippen molar-refractivity contribution < 1.29 is 53.2 Å². The Bertz CT molecular complexity index is 1180. The highest BCUT2D eigenvalue weighted by Crippen LogP contribution is 2.38. The summed E-state index contributed by atoms with van der Waals surface area (Å²) >= 11 is 5.53. The van der Waals surface area contributed by atoms with Crippen LogP contribution in [0.1, 0.15) is 48.4 Å². The lowest BCUT2D eigenvalue weighted by atomic mass is 10.1. The Morgan fingerprint density at radius 3 is 1.83 bits per heavy atom. The van der Waals surface area contributed by atoms with Crippen molar-refractivity contribution in [1.82, 2.24) is 10.6 Å². The second-order valence-electron chi connectivity index (χ2n) is 8.35. The molecule has 41 heavy (non-hydrogen) atoms. The van der Waals surface area contributed by atoms with Gasteiger partial charge < -0.3 is 40.0 Å². The number of ether oxygens (including phenoxy) is 3. The molecule has 228 valence electrons. The molecule has 0 bridgehead atoms. The molecule has 17 heteroatoms. The number of halogens is 3. The van der Waals surface area contributed by atoms with Crippen LogP contribution < -0.4 is 15.5 Å². The zero-order valence-corrected chi connectivity index (χ0v) is 29.0. The molecule has 0 aliphatic heterocycles. The van der Waals surface area contributed by atoms with E-state index in [0.717, 1.165) is 6.92 Å². The summed E-state index contributed by atoms with van der Waals surface area (Å²) in [5, 5.41) is 23.9. The van der Waals surface area contributed by atoms with E-state index in [1.807, 2.05) is 67.8 Å². The molecule has 0 aliphatic carbocycles. The second-order valence-corrected chi connectivity index (χ2v) is 11.6. The van der Waals surface area contributed by atoms with Crippen molar-refractivity contribution in [1.29, 1.82) is 0 Å². The molecule has 0 spiro atoms. The predicted molar refractivity (Wildman–Crippen MR) is 169 cm³/mol. The van der Waals surface area contributed by atoms with Crippen LogP contribution in [0.25, 0.3) is 0 Å². The minimum absolute atomic E-state index is 0.00663. The number of esters is 3. The molecule has 14 nitrogen and oxygen atoms in total. The molecule has 1 unspecified atom stereocenters. The molecule has 0 aliphatic rings. The molecular formula is C24H30I3N3O11. The van der Waals surface area contributed by atoms with Gasteiger partial charge >= 0.3 is 17.9 Å². The van der Waals surface area contributed by atoms with E-state index in [4.69, 9.17) is 19.3 Å². The standard InChI is InChI=1S/C24H30I3N3O11/c1-11(32)30(8-16(41-14(4)35)10-40-13(3)34)22-20(26)17(23(37)28-5-6-39-12(2)33)19(25)18(21(22)27)24(38)29-7-15(36)9-31/h15-16,31,36H,5-10H2,1-4H3,(H,28,37)(H,29,38)/t15?,16-/m0/s1. The van der Waals surface area contributed by atoms with Gasteiger partial charge in [0.2, 0.25) is 5.91 Å². The van der Waals surface area contributed by atoms with Crippen LogP contribution in [0.3, 0.4) is 0 Å². The first-order valence-electron chi connectivity index (χ1n) is 11.9. The summed E-state index contributed by atoms with van der Waals surface area (Å²) in [7, 11) is 0. The maximum Gasteiger partial charge on any atom is 0.303 e. The van der Waals surface area contributed by atoms with Gasteiger partial charge in [-0.3, -0.25) is 28.8 Å². The van der Waals surface area contributed by atoms with Gasteiger partial charge in [0.15, 0.2) is 6.10 Å². The highest BCUT2D eigenvalue weighted by atomic mass is 127. The van der Waals surface area contributed by atoms with Crippen LogP contribution in [0, 0.1) is 10.7 Å². The summed E-state index contributed by atoms with van der Waals surface area (Å²) in [6.07, 6.45) is -2.31. The van der Waals surface area contributed by atoms with E-state index in [-0.39, 0.29) is 60.4 Å². The number of nitrogens with zero attached hydrogens (tertiary/aromatic N) is 1. The van der Waals surface area contributed by atoms with Crippen LogP contribution in [-0.4, -0.2) is 97.5 Å². The minimum Gasteiger partial charge on any atom is -0.464 e. The Morgan fingerprint density at radius 1 is 0.829 bits per heavy atom. The number of hydrogen-bond acceptors (Lipinski definition) is 11. The second kappa shape index (κ2) is 18.0. The minimum atomic E-state index is -1.24. The highest BCUT2D eigenvalue weighted by molar-refractivity contribution is 14.1. The number of aliphatic hydroxyl groups excluding tert-OH is 2. The van der Waals surface area contributed by atoms with Crippen molar-refractivity contribution in [3.05, 3.63) is 21.8 Å². The Balaban J connectivity index is 3.74. The number of rotatable bonds is 14. The molecule has 0 radical (unpaired) electrons. The summed E-state index contributed by atoms with van der Waals surface area (Å²) in [5.74, 6) is -3.71. The first-order valence-corrected chi connectivity index (χ1v) is 15.1. The Kier molecular flexibility index (Phi) is 16.3. The van der Waals surface area contributed by atoms with Crippen molar-refractivity contribution >= 4 is 109 Å². The van der Waals surface area contributed by atoms with E-state index in [9.17, 15) is 33.9 Å². The predicted octanol–water partition coefficient (Wildman–Crippen LogP) is 0.724. The van der Waals surface area contributed by atoms with Crippen molar-refractivity contribution in [2.75, 3.05) is 44.4 Å². The molecule has 1 aromatic rings. The Labute approximate surface area is 277 Å². The number of carbonyl (C=O) groups excluding carboxylic acids is 6. The SMILES string of the molecule is CC(=O)OCCNC(=O)c1c(I)c(C(=O)NCC(O)CO)c(I)c(N(C[C@@H](COC(C)=O)OC(C)=O)C(C)=O)c1I. The first-order chi connectivity index (χ1) is 19.1. The molecule has 0 fully saturated rings. The third kappa shape index (κ3) is 11.7. The van der Waals surface area contributed by atoms with Crippen LogP contribution in [0.4, 0.5) is 5.69 Å². The van der Waals surface area contributed by atoms with Gasteiger partial charge in [-0.15, -0.1) is 0 Å². The first kappa shape index (κ1) is 37.2. The lowest BCUT2D eigenvalue weighted by Gasteiger charge is -2.30. The van der Waals surface area contributed by atoms with Crippen LogP contribution >= 0.6 is 67.8 Å². The topological polar surface area (TPSA) is 198 Å². The number of amides is 3. The fraction of sp³-hybridized carbons (Fsp3) is 0.500. The van der Waals surface area contributed by atoms with Gasteiger partial charge in [0.25, 0.3) is 11.8 Å². The summed E-state index contributed by atoms with van der Waals surface area (Å²) < 4.78 is 15.9. The van der Waals surface area contributed by atoms with E-state index in [0.29, 0.717) is 0 Å². The average Bonchev–Trinajstić information content (AvgIpc) is 2.86. The smallest absolute Gasteiger partial charge is 0.303 e. The Morgan fingerprint density at radius 2 is 1.37 bits per heavy atom. The summed E-state index contributed by atoms with van der Waals surface area (Å²) in [5.41, 5.74) is 0.191. The largest absolute Gasteiger partial charge is 0.464 e. The van der Waals surface area contributed by atoms with Gasteiger partial charge in [-0.05, 0) is 67.8 Å². The molecule has 1 aromatic carbocycles. The van der Waals surface area contributed by atoms with Crippen LogP contribution in [0.5, 0.6) is 0 Å². The van der Waals surface area contributed by atoms with Gasteiger partial charge in [-0.1, -0.05) is 0 Å². The van der Waals surface area contributed by atoms with E-state index in [1.54, 1.807) is 0 Å². The number of carbonyl (C=O) groups is 6. The van der Waals surface area contributed by atoms with Gasteiger partial charge in [0.1, 0.15) is 13.2 Å². The molecule has 2 atom stereocenters. The molecule has 0 aromatic heterocycles. The van der Waals surface area contributed by atoms with Gasteiger partial charge in [0, 0.05) is 37.8 Å². The van der Waals surface area contributed by atoms with Crippen LogP contribution in [0.2, 0.25) is 0 Å². The van der Waals surface area contributed by atoms with Crippen LogP contribution in [0.15, 0.2) is 0 Å². The lowest BCUT2D eigenvalue weighted by molar-refractivity contribution is -0.155. The summed E-state index contributed by atoms with van der Waals surface area (Å²) in [6, 6.07) is 0. The third-order valence-corrected chi connectivity index (χ3v) is 8.17. The number of hydrogen-bond donors (Lipinski definition) is 4. The van der Waals surface area contributed by atoms with Crippen molar-refractivity contribution in [3.8, 4) is 0 Å². The van der Waals surface area contributed by atoms with Crippen molar-refractivity contribution in [2.24, 2.45) is 0 Å². The average molecular weight is 917 g/mol. The molecule has 1 rings (SSSR count). The van der Waals surface area contributed by atoms with Crippen LogP contribution in [-0.2, 0) is 33.4 Å². The summed E-state index contributed by atoms with van der Waals surface area (Å²) in [4.78, 5) is 74.9. The molecule has 4 N–H and O–H groups in total. The zero-order chi connectivity index (χ0) is 31.4. The molecular weight excluding hydrogens is 887 g/mol. The quantitative estimate of drug-likeness (QED) is 0.0889. The number of benzene rings is 1. The summed E-state index contributed by atoms with van der Waals surface area (Å²) in [6.45, 7) is 3.11. The van der Waals surface area contributed by atoms with Crippen molar-refractivity contribution in [2.45, 2.75) is 39.9 Å². The maximum atomic E-state index is 13.3. The van der Waals surface area contributed by atoms with E-state index >= 15 is 0 Å². The van der Waals surface area contributed by atoms with Gasteiger partial charge in [0.05, 0.1) is 49.8 Å². The number of nitrogens with one attached hydrogen (secondary N) is 2. The van der Waals surface area contributed by atoms with Crippen molar-refractivity contribution in [3.63, 3.8) is 0 Å². The third-order valence-electron chi connectivity index (χ3n) is 4.99. The Hall–Kier alpha value is -1.85. The fourth-order valence-corrected chi connectivity index (χ4v) is 7.98. The van der Waals surface area contributed by atoms with E-state index in [1.165, 1.54) is 25.7 Å². The van der Waals surface area contributed by atoms with E-state index in [2.05, 4.69) is 10.6 Å². The molecule has 0 saturated heterocycles.